The first-order valence-corrected chi connectivity index (χ1v) is 6.08. The molecule has 0 aliphatic carbocycles. The van der Waals surface area contributed by atoms with Crippen LogP contribution in [0.3, 0.4) is 0 Å². The highest BCUT2D eigenvalue weighted by atomic mass is 19.1. The first-order valence-electron chi connectivity index (χ1n) is 6.08. The lowest BCUT2D eigenvalue weighted by Crippen LogP contribution is -2.05. The maximum absolute atomic E-state index is 12.9. The van der Waals surface area contributed by atoms with E-state index in [-0.39, 0.29) is 17.0 Å². The van der Waals surface area contributed by atoms with E-state index in [0.29, 0.717) is 27.7 Å². The normalized spacial score (nSPS) is 10.9. The Balaban J connectivity index is 2.29. The van der Waals surface area contributed by atoms with Gasteiger partial charge in [-0.05, 0) is 36.8 Å². The van der Waals surface area contributed by atoms with Crippen LogP contribution in [0.5, 0.6) is 5.75 Å². The van der Waals surface area contributed by atoms with Crippen molar-refractivity contribution in [3.63, 3.8) is 0 Å². The average molecular weight is 270 g/mol. The fourth-order valence-electron chi connectivity index (χ4n) is 2.16. The molecule has 1 heterocycles. The molecule has 0 saturated heterocycles. The van der Waals surface area contributed by atoms with Gasteiger partial charge in [0.2, 0.25) is 5.43 Å². The lowest BCUT2D eigenvalue weighted by atomic mass is 10.0. The van der Waals surface area contributed by atoms with Crippen molar-refractivity contribution in [1.29, 1.82) is 0 Å². The van der Waals surface area contributed by atoms with Crippen molar-refractivity contribution in [2.45, 2.75) is 6.92 Å². The van der Waals surface area contributed by atoms with Crippen molar-refractivity contribution in [3.05, 3.63) is 64.3 Å². The van der Waals surface area contributed by atoms with E-state index >= 15 is 0 Å². The fraction of sp³-hybridized carbons (Fsp3) is 0.0625. The molecule has 3 aromatic rings. The molecule has 0 fully saturated rings. The maximum atomic E-state index is 12.9. The molecule has 4 heteroatoms. The van der Waals surface area contributed by atoms with Gasteiger partial charge in [0.1, 0.15) is 23.4 Å². The summed E-state index contributed by atoms with van der Waals surface area (Å²) in [7, 11) is 0. The summed E-state index contributed by atoms with van der Waals surface area (Å²) in [5.41, 5.74) is 1.63. The first kappa shape index (κ1) is 12.4. The van der Waals surface area contributed by atoms with Gasteiger partial charge in [-0.25, -0.2) is 4.39 Å². The van der Waals surface area contributed by atoms with Gasteiger partial charge in [-0.3, -0.25) is 4.79 Å². The summed E-state index contributed by atoms with van der Waals surface area (Å²) < 4.78 is 18.4. The molecule has 0 saturated carbocycles. The molecule has 0 bridgehead atoms. The molecule has 1 N–H and O–H groups in total. The molecule has 0 amide bonds. The Morgan fingerprint density at radius 2 is 1.80 bits per heavy atom. The Hall–Kier alpha value is -2.62. The molecule has 1 aromatic heterocycles. The Bertz CT molecular complexity index is 848. The van der Waals surface area contributed by atoms with Crippen LogP contribution in [0, 0.1) is 12.7 Å². The van der Waals surface area contributed by atoms with E-state index in [2.05, 4.69) is 0 Å². The molecular weight excluding hydrogens is 259 g/mol. The van der Waals surface area contributed by atoms with E-state index in [4.69, 9.17) is 4.42 Å². The summed E-state index contributed by atoms with van der Waals surface area (Å²) in [5, 5.41) is 10.0. The van der Waals surface area contributed by atoms with Crippen molar-refractivity contribution in [2.24, 2.45) is 0 Å². The van der Waals surface area contributed by atoms with Crippen LogP contribution in [0.4, 0.5) is 4.39 Å². The van der Waals surface area contributed by atoms with Gasteiger partial charge < -0.3 is 9.52 Å². The van der Waals surface area contributed by atoms with Crippen LogP contribution in [0.2, 0.25) is 0 Å². The standard InChI is InChI=1S/C16H11FO3/c1-9-14(18)7-6-12-15(19)13(8-20-16(9)12)10-2-4-11(17)5-3-10/h2-8,18H,1H3. The summed E-state index contributed by atoms with van der Waals surface area (Å²) >= 11 is 0. The fourth-order valence-corrected chi connectivity index (χ4v) is 2.16. The van der Waals surface area contributed by atoms with E-state index in [1.54, 1.807) is 6.92 Å². The lowest BCUT2D eigenvalue weighted by Gasteiger charge is -2.05. The number of fused-ring (bicyclic) bond motifs is 1. The minimum atomic E-state index is -0.361. The van der Waals surface area contributed by atoms with E-state index in [9.17, 15) is 14.3 Å². The average Bonchev–Trinajstić information content (AvgIpc) is 2.45. The van der Waals surface area contributed by atoms with Crippen LogP contribution in [0.25, 0.3) is 22.1 Å². The molecule has 0 atom stereocenters. The Morgan fingerprint density at radius 1 is 1.10 bits per heavy atom. The number of halogens is 1. The molecule has 0 radical (unpaired) electrons. The zero-order valence-electron chi connectivity index (χ0n) is 10.7. The van der Waals surface area contributed by atoms with E-state index in [1.807, 2.05) is 0 Å². The SMILES string of the molecule is Cc1c(O)ccc2c(=O)c(-c3ccc(F)cc3)coc12. The molecule has 3 rings (SSSR count). The van der Waals surface area contributed by atoms with Crippen molar-refractivity contribution in [3.8, 4) is 16.9 Å². The molecule has 3 nitrogen and oxygen atoms in total. The summed E-state index contributed by atoms with van der Waals surface area (Å²) in [5.74, 6) is -0.283. The second kappa shape index (κ2) is 4.49. The molecule has 100 valence electrons. The third kappa shape index (κ3) is 1.86. The maximum Gasteiger partial charge on any atom is 0.200 e. The number of aromatic hydroxyl groups is 1. The molecule has 0 aliphatic heterocycles. The molecule has 20 heavy (non-hydrogen) atoms. The van der Waals surface area contributed by atoms with Crippen LogP contribution in [-0.4, -0.2) is 5.11 Å². The van der Waals surface area contributed by atoms with Gasteiger partial charge in [-0.1, -0.05) is 12.1 Å². The summed E-state index contributed by atoms with van der Waals surface area (Å²) in [6, 6.07) is 8.63. The van der Waals surface area contributed by atoms with Gasteiger partial charge in [0.25, 0.3) is 0 Å². The van der Waals surface area contributed by atoms with Crippen LogP contribution in [0.15, 0.2) is 51.9 Å². The van der Waals surface area contributed by atoms with Gasteiger partial charge in [0.15, 0.2) is 0 Å². The number of benzene rings is 2. The minimum Gasteiger partial charge on any atom is -0.508 e. The van der Waals surface area contributed by atoms with Crippen LogP contribution in [0.1, 0.15) is 5.56 Å². The molecular formula is C16H11FO3. The molecule has 0 aliphatic rings. The van der Waals surface area contributed by atoms with E-state index in [0.717, 1.165) is 0 Å². The van der Waals surface area contributed by atoms with Crippen LogP contribution >= 0.6 is 0 Å². The Morgan fingerprint density at radius 3 is 2.50 bits per heavy atom. The van der Waals surface area contributed by atoms with Gasteiger partial charge in [0, 0.05) is 5.56 Å². The third-order valence-corrected chi connectivity index (χ3v) is 3.32. The monoisotopic (exact) mass is 270 g/mol. The number of rotatable bonds is 1. The topological polar surface area (TPSA) is 50.4 Å². The van der Waals surface area contributed by atoms with Gasteiger partial charge in [-0.2, -0.15) is 0 Å². The second-order valence-corrected chi connectivity index (χ2v) is 4.57. The predicted octanol–water partition coefficient (Wildman–Crippen LogP) is 3.61. The quantitative estimate of drug-likeness (QED) is 0.734. The van der Waals surface area contributed by atoms with E-state index < -0.39 is 0 Å². The zero-order chi connectivity index (χ0) is 14.3. The molecule has 2 aromatic carbocycles. The number of phenolic OH excluding ortho intramolecular Hbond substituents is 1. The molecule has 0 spiro atoms. The van der Waals surface area contributed by atoms with Crippen LogP contribution < -0.4 is 5.43 Å². The van der Waals surface area contributed by atoms with Gasteiger partial charge >= 0.3 is 0 Å². The third-order valence-electron chi connectivity index (χ3n) is 3.32. The van der Waals surface area contributed by atoms with Crippen molar-refractivity contribution >= 4 is 11.0 Å². The minimum absolute atomic E-state index is 0.0789. The number of aryl methyl sites for hydroxylation is 1. The highest BCUT2D eigenvalue weighted by Gasteiger charge is 2.12. The van der Waals surface area contributed by atoms with Gasteiger partial charge in [0.05, 0.1) is 10.9 Å². The van der Waals surface area contributed by atoms with Crippen molar-refractivity contribution < 1.29 is 13.9 Å². The number of hydrogen-bond acceptors (Lipinski definition) is 3. The highest BCUT2D eigenvalue weighted by Crippen LogP contribution is 2.26. The largest absolute Gasteiger partial charge is 0.508 e. The highest BCUT2D eigenvalue weighted by molar-refractivity contribution is 5.85. The van der Waals surface area contributed by atoms with E-state index in [1.165, 1.54) is 42.7 Å². The van der Waals surface area contributed by atoms with Crippen molar-refractivity contribution in [2.75, 3.05) is 0 Å². The number of hydrogen-bond donors (Lipinski definition) is 1. The summed E-state index contributed by atoms with van der Waals surface area (Å²) in [6.07, 6.45) is 1.34. The summed E-state index contributed by atoms with van der Waals surface area (Å²) in [6.45, 7) is 1.68. The molecule has 0 unspecified atom stereocenters. The number of phenols is 1. The first-order chi connectivity index (χ1) is 9.58. The Labute approximate surface area is 113 Å². The summed E-state index contributed by atoms with van der Waals surface area (Å²) in [4.78, 5) is 12.4. The van der Waals surface area contributed by atoms with Gasteiger partial charge in [-0.15, -0.1) is 0 Å². The zero-order valence-corrected chi connectivity index (χ0v) is 10.7. The lowest BCUT2D eigenvalue weighted by molar-refractivity contribution is 0.469. The van der Waals surface area contributed by atoms with Crippen molar-refractivity contribution in [1.82, 2.24) is 0 Å². The van der Waals surface area contributed by atoms with Crippen LogP contribution in [-0.2, 0) is 0 Å². The predicted molar refractivity (Wildman–Crippen MR) is 74.3 cm³/mol. The Kier molecular flexibility index (Phi) is 2.79. The smallest absolute Gasteiger partial charge is 0.200 e. The second-order valence-electron chi connectivity index (χ2n) is 4.57.